The maximum atomic E-state index is 11.7. The lowest BCUT2D eigenvalue weighted by molar-refractivity contribution is 0.0945. The fourth-order valence-electron chi connectivity index (χ4n) is 1.47. The van der Waals surface area contributed by atoms with Crippen molar-refractivity contribution in [3.63, 3.8) is 0 Å². The average Bonchev–Trinajstić information content (AvgIpc) is 2.46. The van der Waals surface area contributed by atoms with Crippen molar-refractivity contribution in [2.75, 3.05) is 7.11 Å². The number of carbonyl (C=O) groups excluding carboxylic acids is 1. The van der Waals surface area contributed by atoms with Crippen molar-refractivity contribution in [2.24, 2.45) is 0 Å². The highest BCUT2D eigenvalue weighted by Crippen LogP contribution is 2.12. The van der Waals surface area contributed by atoms with E-state index in [1.807, 2.05) is 24.3 Å². The molecular formula is C13H13N3O2. The number of hydrogen-bond donors (Lipinski definition) is 1. The van der Waals surface area contributed by atoms with Crippen LogP contribution in [0, 0.1) is 0 Å². The molecule has 0 saturated carbocycles. The Hall–Kier alpha value is -2.43. The third kappa shape index (κ3) is 3.04. The molecule has 18 heavy (non-hydrogen) atoms. The number of ether oxygens (including phenoxy) is 1. The van der Waals surface area contributed by atoms with Crippen LogP contribution in [0.4, 0.5) is 0 Å². The van der Waals surface area contributed by atoms with Gasteiger partial charge in [-0.25, -0.2) is 4.98 Å². The van der Waals surface area contributed by atoms with E-state index in [2.05, 4.69) is 15.3 Å². The lowest BCUT2D eigenvalue weighted by Crippen LogP contribution is -2.23. The minimum Gasteiger partial charge on any atom is -0.497 e. The molecule has 0 aliphatic heterocycles. The summed E-state index contributed by atoms with van der Waals surface area (Å²) in [5.41, 5.74) is 1.27. The summed E-state index contributed by atoms with van der Waals surface area (Å²) >= 11 is 0. The molecule has 1 aromatic carbocycles. The van der Waals surface area contributed by atoms with Crippen LogP contribution in [0.5, 0.6) is 5.75 Å². The Morgan fingerprint density at radius 3 is 3.00 bits per heavy atom. The van der Waals surface area contributed by atoms with Crippen LogP contribution in [-0.4, -0.2) is 23.0 Å². The van der Waals surface area contributed by atoms with Crippen molar-refractivity contribution in [3.05, 3.63) is 54.1 Å². The Labute approximate surface area is 105 Å². The molecule has 1 N–H and O–H groups in total. The minimum atomic E-state index is -0.245. The molecule has 1 heterocycles. The van der Waals surface area contributed by atoms with Crippen LogP contribution in [0.1, 0.15) is 16.1 Å². The summed E-state index contributed by atoms with van der Waals surface area (Å²) in [6.45, 7) is 0.423. The first-order valence-corrected chi connectivity index (χ1v) is 5.47. The molecule has 2 aromatic rings. The molecule has 1 amide bonds. The van der Waals surface area contributed by atoms with E-state index >= 15 is 0 Å². The van der Waals surface area contributed by atoms with Gasteiger partial charge in [0.25, 0.3) is 5.91 Å². The summed E-state index contributed by atoms with van der Waals surface area (Å²) in [6.07, 6.45) is 4.44. The predicted octanol–water partition coefficient (Wildman–Crippen LogP) is 1.42. The third-order valence-corrected chi connectivity index (χ3v) is 2.38. The van der Waals surface area contributed by atoms with Gasteiger partial charge in [0.1, 0.15) is 11.4 Å². The molecule has 5 heteroatoms. The number of methoxy groups -OCH3 is 1. The second kappa shape index (κ2) is 5.77. The van der Waals surface area contributed by atoms with Crippen LogP contribution in [0.3, 0.4) is 0 Å². The number of nitrogens with zero attached hydrogens (tertiary/aromatic N) is 2. The quantitative estimate of drug-likeness (QED) is 0.882. The topological polar surface area (TPSA) is 64.1 Å². The van der Waals surface area contributed by atoms with Gasteiger partial charge in [-0.1, -0.05) is 12.1 Å². The van der Waals surface area contributed by atoms with Crippen LogP contribution in [0.25, 0.3) is 0 Å². The smallest absolute Gasteiger partial charge is 0.271 e. The Balaban J connectivity index is 1.97. The fraction of sp³-hybridized carbons (Fsp3) is 0.154. The second-order valence-corrected chi connectivity index (χ2v) is 3.62. The van der Waals surface area contributed by atoms with Crippen LogP contribution in [0.2, 0.25) is 0 Å². The molecule has 0 unspecified atom stereocenters. The van der Waals surface area contributed by atoms with Gasteiger partial charge in [0, 0.05) is 18.9 Å². The molecule has 1 aromatic heterocycles. The SMILES string of the molecule is COc1cccc(CNC(=O)c2cnccn2)c1. The molecular weight excluding hydrogens is 230 g/mol. The van der Waals surface area contributed by atoms with Crippen molar-refractivity contribution in [2.45, 2.75) is 6.54 Å². The van der Waals surface area contributed by atoms with E-state index in [0.29, 0.717) is 12.2 Å². The van der Waals surface area contributed by atoms with Crippen LogP contribution < -0.4 is 10.1 Å². The third-order valence-electron chi connectivity index (χ3n) is 2.38. The van der Waals surface area contributed by atoms with E-state index in [0.717, 1.165) is 11.3 Å². The fourth-order valence-corrected chi connectivity index (χ4v) is 1.47. The normalized spacial score (nSPS) is 9.83. The number of nitrogens with one attached hydrogen (secondary N) is 1. The Kier molecular flexibility index (Phi) is 3.86. The summed E-state index contributed by atoms with van der Waals surface area (Å²) in [7, 11) is 1.61. The molecule has 0 aliphatic carbocycles. The molecule has 0 spiro atoms. The van der Waals surface area contributed by atoms with Gasteiger partial charge in [-0.2, -0.15) is 0 Å². The van der Waals surface area contributed by atoms with Crippen LogP contribution in [0.15, 0.2) is 42.9 Å². The monoisotopic (exact) mass is 243 g/mol. The number of amides is 1. The summed E-state index contributed by atoms with van der Waals surface area (Å²) in [6, 6.07) is 7.52. The molecule has 2 rings (SSSR count). The van der Waals surface area contributed by atoms with Gasteiger partial charge in [-0.05, 0) is 17.7 Å². The lowest BCUT2D eigenvalue weighted by Gasteiger charge is -2.06. The lowest BCUT2D eigenvalue weighted by atomic mass is 10.2. The zero-order valence-corrected chi connectivity index (χ0v) is 9.96. The Morgan fingerprint density at radius 2 is 2.28 bits per heavy atom. The molecule has 0 bridgehead atoms. The van der Waals surface area contributed by atoms with E-state index in [4.69, 9.17) is 4.74 Å². The Morgan fingerprint density at radius 1 is 1.39 bits per heavy atom. The summed E-state index contributed by atoms with van der Waals surface area (Å²) in [5, 5.41) is 2.77. The van der Waals surface area contributed by atoms with Gasteiger partial charge in [0.2, 0.25) is 0 Å². The zero-order chi connectivity index (χ0) is 12.8. The molecule has 0 fully saturated rings. The second-order valence-electron chi connectivity index (χ2n) is 3.62. The highest BCUT2D eigenvalue weighted by atomic mass is 16.5. The molecule has 0 radical (unpaired) electrons. The largest absolute Gasteiger partial charge is 0.497 e. The van der Waals surface area contributed by atoms with E-state index < -0.39 is 0 Å². The summed E-state index contributed by atoms with van der Waals surface area (Å²) in [5.74, 6) is 0.521. The average molecular weight is 243 g/mol. The first kappa shape index (κ1) is 12.0. The zero-order valence-electron chi connectivity index (χ0n) is 9.96. The number of aromatic nitrogens is 2. The molecule has 5 nitrogen and oxygen atoms in total. The first-order valence-electron chi connectivity index (χ1n) is 5.47. The van der Waals surface area contributed by atoms with Gasteiger partial charge in [-0.3, -0.25) is 9.78 Å². The van der Waals surface area contributed by atoms with Crippen LogP contribution >= 0.6 is 0 Å². The number of benzene rings is 1. The van der Waals surface area contributed by atoms with Crippen molar-refractivity contribution >= 4 is 5.91 Å². The Bertz CT molecular complexity index is 529. The van der Waals surface area contributed by atoms with E-state index in [1.54, 1.807) is 7.11 Å². The highest BCUT2D eigenvalue weighted by molar-refractivity contribution is 5.91. The van der Waals surface area contributed by atoms with Crippen molar-refractivity contribution in [1.29, 1.82) is 0 Å². The molecule has 0 saturated heterocycles. The van der Waals surface area contributed by atoms with Crippen LogP contribution in [-0.2, 0) is 6.54 Å². The maximum Gasteiger partial charge on any atom is 0.271 e. The van der Waals surface area contributed by atoms with E-state index in [1.165, 1.54) is 18.6 Å². The van der Waals surface area contributed by atoms with E-state index in [9.17, 15) is 4.79 Å². The molecule has 0 aliphatic rings. The highest BCUT2D eigenvalue weighted by Gasteiger charge is 2.06. The van der Waals surface area contributed by atoms with Crippen molar-refractivity contribution in [1.82, 2.24) is 15.3 Å². The standard InChI is InChI=1S/C13H13N3O2/c1-18-11-4-2-3-10(7-11)8-16-13(17)12-9-14-5-6-15-12/h2-7,9H,8H2,1H3,(H,16,17). The summed E-state index contributed by atoms with van der Waals surface area (Å²) in [4.78, 5) is 19.5. The van der Waals surface area contributed by atoms with Gasteiger partial charge in [0.15, 0.2) is 0 Å². The number of hydrogen-bond acceptors (Lipinski definition) is 4. The maximum absolute atomic E-state index is 11.7. The van der Waals surface area contributed by atoms with Gasteiger partial charge >= 0.3 is 0 Å². The van der Waals surface area contributed by atoms with E-state index in [-0.39, 0.29) is 5.91 Å². The molecule has 0 atom stereocenters. The minimum absolute atomic E-state index is 0.245. The van der Waals surface area contributed by atoms with Crippen molar-refractivity contribution in [3.8, 4) is 5.75 Å². The first-order chi connectivity index (χ1) is 8.79. The summed E-state index contributed by atoms with van der Waals surface area (Å²) < 4.78 is 5.11. The number of rotatable bonds is 4. The van der Waals surface area contributed by atoms with Gasteiger partial charge < -0.3 is 10.1 Å². The number of carbonyl (C=O) groups is 1. The van der Waals surface area contributed by atoms with Gasteiger partial charge in [-0.15, -0.1) is 0 Å². The van der Waals surface area contributed by atoms with Gasteiger partial charge in [0.05, 0.1) is 13.3 Å². The van der Waals surface area contributed by atoms with Crippen molar-refractivity contribution < 1.29 is 9.53 Å². The molecule has 92 valence electrons. The predicted molar refractivity (Wildman–Crippen MR) is 66.2 cm³/mol.